The molecule has 0 saturated carbocycles. The normalized spacial score (nSPS) is 14.6. The van der Waals surface area contributed by atoms with Gasteiger partial charge < -0.3 is 20.9 Å². The van der Waals surface area contributed by atoms with Crippen molar-refractivity contribution >= 4 is 23.3 Å². The van der Waals surface area contributed by atoms with Crippen LogP contribution in [-0.4, -0.2) is 43.5 Å². The van der Waals surface area contributed by atoms with Crippen molar-refractivity contribution < 1.29 is 9.59 Å². The summed E-state index contributed by atoms with van der Waals surface area (Å²) in [6.45, 7) is 2.60. The van der Waals surface area contributed by atoms with E-state index in [4.69, 9.17) is 0 Å². The Morgan fingerprint density at radius 1 is 0.926 bits per heavy atom. The van der Waals surface area contributed by atoms with Crippen LogP contribution in [-0.2, 0) is 0 Å². The first-order chi connectivity index (χ1) is 13.2. The molecule has 0 aromatic heterocycles. The maximum absolute atomic E-state index is 12.6. The first-order valence-corrected chi connectivity index (χ1v) is 9.32. The molecule has 142 valence electrons. The molecule has 1 aliphatic rings. The second-order valence-electron chi connectivity index (χ2n) is 6.82. The second kappa shape index (κ2) is 9.19. The Hall–Kier alpha value is -2.86. The fourth-order valence-electron chi connectivity index (χ4n) is 3.32. The van der Waals surface area contributed by atoms with Gasteiger partial charge in [-0.2, -0.15) is 0 Å². The number of benzene rings is 2. The molecular weight excluding hydrogens is 340 g/mol. The summed E-state index contributed by atoms with van der Waals surface area (Å²) in [7, 11) is 1.97. The number of carbonyl (C=O) groups excluding carboxylic acids is 2. The first-order valence-electron chi connectivity index (χ1n) is 9.32. The van der Waals surface area contributed by atoms with Crippen molar-refractivity contribution in [3.63, 3.8) is 0 Å². The van der Waals surface area contributed by atoms with Crippen LogP contribution in [0.3, 0.4) is 0 Å². The van der Waals surface area contributed by atoms with Crippen LogP contribution < -0.4 is 16.0 Å². The minimum Gasteiger partial charge on any atom is -0.339 e. The summed E-state index contributed by atoms with van der Waals surface area (Å²) in [5.74, 6) is 0.701. The molecule has 1 aliphatic heterocycles. The molecule has 0 atom stereocenters. The third-order valence-corrected chi connectivity index (χ3v) is 4.82. The van der Waals surface area contributed by atoms with Crippen LogP contribution in [0.15, 0.2) is 54.6 Å². The highest BCUT2D eigenvalue weighted by molar-refractivity contribution is 6.00. The van der Waals surface area contributed by atoms with Crippen LogP contribution in [0.2, 0.25) is 0 Å². The lowest BCUT2D eigenvalue weighted by Gasteiger charge is -2.32. The number of nitrogens with zero attached hydrogens (tertiary/aromatic N) is 1. The van der Waals surface area contributed by atoms with Gasteiger partial charge in [-0.3, -0.25) is 4.79 Å². The van der Waals surface area contributed by atoms with E-state index in [0.29, 0.717) is 17.2 Å². The number of anilines is 2. The van der Waals surface area contributed by atoms with Crippen LogP contribution in [0.4, 0.5) is 16.2 Å². The third kappa shape index (κ3) is 5.31. The Morgan fingerprint density at radius 2 is 1.52 bits per heavy atom. The van der Waals surface area contributed by atoms with Crippen molar-refractivity contribution in [3.05, 3.63) is 60.2 Å². The van der Waals surface area contributed by atoms with Gasteiger partial charge in [-0.15, -0.1) is 0 Å². The van der Waals surface area contributed by atoms with Crippen molar-refractivity contribution in [3.8, 4) is 0 Å². The van der Waals surface area contributed by atoms with Gasteiger partial charge >= 0.3 is 6.03 Å². The van der Waals surface area contributed by atoms with Gasteiger partial charge in [0.05, 0.1) is 0 Å². The Bertz CT molecular complexity index is 754. The molecule has 1 heterocycles. The van der Waals surface area contributed by atoms with E-state index < -0.39 is 0 Å². The molecule has 3 amide bonds. The van der Waals surface area contributed by atoms with Gasteiger partial charge in [0.2, 0.25) is 0 Å². The molecule has 2 aromatic rings. The molecule has 0 bridgehead atoms. The van der Waals surface area contributed by atoms with E-state index in [1.54, 1.807) is 24.3 Å². The molecule has 0 spiro atoms. The van der Waals surface area contributed by atoms with Crippen LogP contribution in [0.1, 0.15) is 23.2 Å². The molecule has 1 saturated heterocycles. The smallest absolute Gasteiger partial charge is 0.323 e. The average molecular weight is 366 g/mol. The lowest BCUT2D eigenvalue weighted by atomic mass is 9.96. The molecule has 27 heavy (non-hydrogen) atoms. The fraction of sp³-hybridized carbons (Fsp3) is 0.333. The van der Waals surface area contributed by atoms with E-state index >= 15 is 0 Å². The summed E-state index contributed by atoms with van der Waals surface area (Å²) in [6, 6.07) is 16.0. The number of rotatable bonds is 5. The molecule has 2 aromatic carbocycles. The van der Waals surface area contributed by atoms with Gasteiger partial charge in [0.15, 0.2) is 0 Å². The number of urea groups is 1. The number of amides is 3. The lowest BCUT2D eigenvalue weighted by molar-refractivity contribution is 0.0691. The third-order valence-electron chi connectivity index (χ3n) is 4.82. The van der Waals surface area contributed by atoms with Crippen molar-refractivity contribution in [2.45, 2.75) is 12.8 Å². The number of piperidine rings is 1. The van der Waals surface area contributed by atoms with Gasteiger partial charge in [-0.05, 0) is 68.8 Å². The Morgan fingerprint density at radius 3 is 2.11 bits per heavy atom. The zero-order valence-corrected chi connectivity index (χ0v) is 15.6. The summed E-state index contributed by atoms with van der Waals surface area (Å²) in [5, 5.41) is 8.74. The predicted octanol–water partition coefficient (Wildman–Crippen LogP) is 3.40. The number of nitrogens with one attached hydrogen (secondary N) is 3. The zero-order valence-electron chi connectivity index (χ0n) is 15.6. The molecular formula is C21H26N4O2. The number of hydrogen-bond acceptors (Lipinski definition) is 3. The highest BCUT2D eigenvalue weighted by Gasteiger charge is 2.23. The molecule has 6 heteroatoms. The summed E-state index contributed by atoms with van der Waals surface area (Å²) in [4.78, 5) is 26.6. The number of hydrogen-bond donors (Lipinski definition) is 3. The van der Waals surface area contributed by atoms with Crippen LogP contribution in [0.5, 0.6) is 0 Å². The largest absolute Gasteiger partial charge is 0.339 e. The molecule has 3 N–H and O–H groups in total. The highest BCUT2D eigenvalue weighted by Crippen LogP contribution is 2.19. The lowest BCUT2D eigenvalue weighted by Crippen LogP contribution is -2.40. The molecule has 6 nitrogen and oxygen atoms in total. The van der Waals surface area contributed by atoms with E-state index in [9.17, 15) is 9.59 Å². The molecule has 3 rings (SSSR count). The molecule has 1 fully saturated rings. The summed E-state index contributed by atoms with van der Waals surface area (Å²) in [6.07, 6.45) is 2.07. The van der Waals surface area contributed by atoms with Crippen LogP contribution in [0, 0.1) is 5.92 Å². The Balaban J connectivity index is 1.52. The monoisotopic (exact) mass is 366 g/mol. The highest BCUT2D eigenvalue weighted by atomic mass is 16.2. The number of para-hydroxylation sites is 1. The minimum atomic E-state index is -0.313. The number of carbonyl (C=O) groups is 2. The molecule has 0 unspecified atom stereocenters. The maximum atomic E-state index is 12.6. The maximum Gasteiger partial charge on any atom is 0.323 e. The minimum absolute atomic E-state index is 0.0539. The van der Waals surface area contributed by atoms with Gasteiger partial charge in [0.1, 0.15) is 0 Å². The predicted molar refractivity (Wildman–Crippen MR) is 108 cm³/mol. The van der Waals surface area contributed by atoms with Crippen molar-refractivity contribution in [1.29, 1.82) is 0 Å². The van der Waals surface area contributed by atoms with E-state index in [-0.39, 0.29) is 11.9 Å². The van der Waals surface area contributed by atoms with Gasteiger partial charge in [-0.1, -0.05) is 18.2 Å². The number of likely N-dealkylation sites (tertiary alicyclic amines) is 1. The van der Waals surface area contributed by atoms with E-state index in [1.807, 2.05) is 42.3 Å². The van der Waals surface area contributed by atoms with Crippen molar-refractivity contribution in [1.82, 2.24) is 10.2 Å². The zero-order chi connectivity index (χ0) is 19.1. The quantitative estimate of drug-likeness (QED) is 0.759. The Kier molecular flexibility index (Phi) is 6.44. The topological polar surface area (TPSA) is 73.5 Å². The van der Waals surface area contributed by atoms with Gasteiger partial charge in [-0.25, -0.2) is 4.79 Å². The Labute approximate surface area is 159 Å². The average Bonchev–Trinajstić information content (AvgIpc) is 2.69. The van der Waals surface area contributed by atoms with E-state index in [2.05, 4.69) is 16.0 Å². The van der Waals surface area contributed by atoms with E-state index in [0.717, 1.165) is 38.2 Å². The standard InChI is InChI=1S/C21H26N4O2/c1-22-15-16-11-13-25(14-12-16)20(26)17-7-9-19(10-8-17)24-21(27)23-18-5-3-2-4-6-18/h2-10,16,22H,11-15H2,1H3,(H2,23,24,27). The molecule has 0 aliphatic carbocycles. The van der Waals surface area contributed by atoms with Crippen molar-refractivity contribution in [2.75, 3.05) is 37.3 Å². The summed E-state index contributed by atoms with van der Waals surface area (Å²) < 4.78 is 0. The van der Waals surface area contributed by atoms with Gasteiger partial charge in [0, 0.05) is 30.0 Å². The van der Waals surface area contributed by atoms with Crippen molar-refractivity contribution in [2.24, 2.45) is 5.92 Å². The summed E-state index contributed by atoms with van der Waals surface area (Å²) >= 11 is 0. The first kappa shape index (κ1) is 18.9. The van der Waals surface area contributed by atoms with E-state index in [1.165, 1.54) is 0 Å². The van der Waals surface area contributed by atoms with Gasteiger partial charge in [0.25, 0.3) is 5.91 Å². The molecule has 0 radical (unpaired) electrons. The summed E-state index contributed by atoms with van der Waals surface area (Å²) in [5.41, 5.74) is 2.02. The fourth-order valence-corrected chi connectivity index (χ4v) is 3.32. The second-order valence-corrected chi connectivity index (χ2v) is 6.82. The van der Waals surface area contributed by atoms with Crippen LogP contribution >= 0.6 is 0 Å². The van der Waals surface area contributed by atoms with Crippen LogP contribution in [0.25, 0.3) is 0 Å². The SMILES string of the molecule is CNCC1CCN(C(=O)c2ccc(NC(=O)Nc3ccccc3)cc2)CC1.